The molecule has 1 rings (SSSR count). The van der Waals surface area contributed by atoms with Gasteiger partial charge in [0.2, 0.25) is 0 Å². The summed E-state index contributed by atoms with van der Waals surface area (Å²) in [6.07, 6.45) is 3.65. The molecule has 1 aromatic rings. The van der Waals surface area contributed by atoms with E-state index in [2.05, 4.69) is 19.2 Å². The molecule has 0 heterocycles. The van der Waals surface area contributed by atoms with Gasteiger partial charge >= 0.3 is 0 Å². The fourth-order valence-corrected chi connectivity index (χ4v) is 3.10. The van der Waals surface area contributed by atoms with Crippen LogP contribution in [0.15, 0.2) is 23.1 Å². The summed E-state index contributed by atoms with van der Waals surface area (Å²) < 4.78 is 0. The first kappa shape index (κ1) is 16.2. The normalized spacial score (nSPS) is 12.7. The number of hydrogen-bond donors (Lipinski definition) is 1. The summed E-state index contributed by atoms with van der Waals surface area (Å²) in [7, 11) is 0. The van der Waals surface area contributed by atoms with Crippen molar-refractivity contribution in [3.63, 3.8) is 0 Å². The first-order valence-electron chi connectivity index (χ1n) is 6.48. The van der Waals surface area contributed by atoms with Gasteiger partial charge in [-0.1, -0.05) is 37.0 Å². The molecule has 1 atom stereocenters. The van der Waals surface area contributed by atoms with Crippen molar-refractivity contribution in [2.45, 2.75) is 44.0 Å². The van der Waals surface area contributed by atoms with Crippen LogP contribution in [0, 0.1) is 0 Å². The molecule has 0 aromatic heterocycles. The Hall–Kier alpha value is 0.110. The Balaban J connectivity index is 2.26. The molecular weight excluding hydrogens is 285 g/mol. The SMILES string of the molecule is CCNC(CC)CCCSc1ccc(Cl)c(Cl)c1. The molecular formula is C14H21Cl2NS. The summed E-state index contributed by atoms with van der Waals surface area (Å²) in [5, 5.41) is 4.76. The average molecular weight is 306 g/mol. The van der Waals surface area contributed by atoms with E-state index in [0.717, 1.165) is 12.3 Å². The van der Waals surface area contributed by atoms with Crippen LogP contribution in [0.2, 0.25) is 10.0 Å². The van der Waals surface area contributed by atoms with E-state index in [1.165, 1.54) is 24.2 Å². The van der Waals surface area contributed by atoms with E-state index in [1.807, 2.05) is 30.0 Å². The molecule has 1 N–H and O–H groups in total. The summed E-state index contributed by atoms with van der Waals surface area (Å²) in [6, 6.07) is 6.49. The van der Waals surface area contributed by atoms with Crippen LogP contribution in [0.3, 0.4) is 0 Å². The lowest BCUT2D eigenvalue weighted by Gasteiger charge is -2.15. The van der Waals surface area contributed by atoms with Crippen molar-refractivity contribution in [3.8, 4) is 0 Å². The van der Waals surface area contributed by atoms with Crippen LogP contribution >= 0.6 is 35.0 Å². The van der Waals surface area contributed by atoms with E-state index in [0.29, 0.717) is 16.1 Å². The van der Waals surface area contributed by atoms with Gasteiger partial charge in [0.15, 0.2) is 0 Å². The topological polar surface area (TPSA) is 12.0 Å². The van der Waals surface area contributed by atoms with Crippen molar-refractivity contribution < 1.29 is 0 Å². The van der Waals surface area contributed by atoms with Gasteiger partial charge in [-0.25, -0.2) is 0 Å². The molecule has 0 aliphatic carbocycles. The molecule has 0 radical (unpaired) electrons. The predicted molar refractivity (Wildman–Crippen MR) is 84.2 cm³/mol. The molecule has 0 fully saturated rings. The number of halogens is 2. The number of nitrogens with one attached hydrogen (secondary N) is 1. The fraction of sp³-hybridized carbons (Fsp3) is 0.571. The highest BCUT2D eigenvalue weighted by Gasteiger charge is 2.04. The molecule has 1 unspecified atom stereocenters. The van der Waals surface area contributed by atoms with Gasteiger partial charge in [-0.05, 0) is 49.8 Å². The molecule has 0 amide bonds. The Morgan fingerprint density at radius 3 is 2.61 bits per heavy atom. The van der Waals surface area contributed by atoms with Crippen molar-refractivity contribution in [1.82, 2.24) is 5.32 Å². The highest BCUT2D eigenvalue weighted by Crippen LogP contribution is 2.28. The van der Waals surface area contributed by atoms with Crippen LogP contribution in [0.5, 0.6) is 0 Å². The minimum absolute atomic E-state index is 0.624. The largest absolute Gasteiger partial charge is 0.314 e. The quantitative estimate of drug-likeness (QED) is 0.520. The zero-order valence-corrected chi connectivity index (χ0v) is 13.3. The lowest BCUT2D eigenvalue weighted by Crippen LogP contribution is -2.28. The van der Waals surface area contributed by atoms with Crippen molar-refractivity contribution in [1.29, 1.82) is 0 Å². The maximum atomic E-state index is 5.99. The highest BCUT2D eigenvalue weighted by molar-refractivity contribution is 7.99. The van der Waals surface area contributed by atoms with E-state index >= 15 is 0 Å². The number of thioether (sulfide) groups is 1. The second kappa shape index (κ2) is 9.08. The maximum absolute atomic E-state index is 5.99. The first-order chi connectivity index (χ1) is 8.67. The van der Waals surface area contributed by atoms with Crippen LogP contribution in [0.4, 0.5) is 0 Å². The Labute approximate surface area is 125 Å². The van der Waals surface area contributed by atoms with E-state index in [4.69, 9.17) is 23.2 Å². The lowest BCUT2D eigenvalue weighted by atomic mass is 10.1. The zero-order chi connectivity index (χ0) is 13.4. The Kier molecular flexibility index (Phi) is 8.16. The predicted octanol–water partition coefficient (Wildman–Crippen LogP) is 5.25. The number of benzene rings is 1. The van der Waals surface area contributed by atoms with E-state index in [-0.39, 0.29) is 0 Å². The van der Waals surface area contributed by atoms with E-state index in [9.17, 15) is 0 Å². The number of hydrogen-bond acceptors (Lipinski definition) is 2. The van der Waals surface area contributed by atoms with E-state index in [1.54, 1.807) is 0 Å². The first-order valence-corrected chi connectivity index (χ1v) is 8.22. The summed E-state index contributed by atoms with van der Waals surface area (Å²) in [6.45, 7) is 5.45. The minimum Gasteiger partial charge on any atom is -0.314 e. The molecule has 18 heavy (non-hydrogen) atoms. The number of rotatable bonds is 8. The van der Waals surface area contributed by atoms with Crippen molar-refractivity contribution in [2.24, 2.45) is 0 Å². The molecule has 0 saturated heterocycles. The molecule has 0 saturated carbocycles. The van der Waals surface area contributed by atoms with Gasteiger partial charge in [-0.3, -0.25) is 0 Å². The monoisotopic (exact) mass is 305 g/mol. The second-order valence-corrected chi connectivity index (χ2v) is 6.21. The van der Waals surface area contributed by atoms with Crippen molar-refractivity contribution >= 4 is 35.0 Å². The highest BCUT2D eigenvalue weighted by atomic mass is 35.5. The van der Waals surface area contributed by atoms with Crippen LogP contribution in [0.25, 0.3) is 0 Å². The summed E-state index contributed by atoms with van der Waals surface area (Å²) in [5.74, 6) is 1.12. The third-order valence-electron chi connectivity index (χ3n) is 2.84. The van der Waals surface area contributed by atoms with E-state index < -0.39 is 0 Å². The molecule has 0 bridgehead atoms. The molecule has 102 valence electrons. The summed E-state index contributed by atoms with van der Waals surface area (Å²) >= 11 is 13.7. The second-order valence-electron chi connectivity index (χ2n) is 4.23. The third-order valence-corrected chi connectivity index (χ3v) is 4.66. The summed E-state index contributed by atoms with van der Waals surface area (Å²) in [4.78, 5) is 1.20. The van der Waals surface area contributed by atoms with Crippen LogP contribution in [-0.2, 0) is 0 Å². The van der Waals surface area contributed by atoms with Crippen LogP contribution < -0.4 is 5.32 Å². The Bertz CT molecular complexity index is 358. The van der Waals surface area contributed by atoms with Crippen molar-refractivity contribution in [3.05, 3.63) is 28.2 Å². The van der Waals surface area contributed by atoms with Gasteiger partial charge in [0.1, 0.15) is 0 Å². The maximum Gasteiger partial charge on any atom is 0.0603 e. The molecule has 4 heteroatoms. The lowest BCUT2D eigenvalue weighted by molar-refractivity contribution is 0.477. The molecule has 0 spiro atoms. The molecule has 1 nitrogen and oxygen atoms in total. The summed E-state index contributed by atoms with van der Waals surface area (Å²) in [5.41, 5.74) is 0. The van der Waals surface area contributed by atoms with Gasteiger partial charge in [0.25, 0.3) is 0 Å². The van der Waals surface area contributed by atoms with Gasteiger partial charge in [-0.2, -0.15) is 0 Å². The third kappa shape index (κ3) is 5.83. The van der Waals surface area contributed by atoms with Crippen molar-refractivity contribution in [2.75, 3.05) is 12.3 Å². The Morgan fingerprint density at radius 2 is 2.00 bits per heavy atom. The van der Waals surface area contributed by atoms with Gasteiger partial charge in [0, 0.05) is 10.9 Å². The van der Waals surface area contributed by atoms with Gasteiger partial charge in [0.05, 0.1) is 10.0 Å². The molecule has 0 aliphatic rings. The minimum atomic E-state index is 0.624. The standard InChI is InChI=1S/C14H21Cl2NS/c1-3-11(17-4-2)6-5-9-18-12-7-8-13(15)14(16)10-12/h7-8,10-11,17H,3-6,9H2,1-2H3. The van der Waals surface area contributed by atoms with Crippen LogP contribution in [-0.4, -0.2) is 18.3 Å². The average Bonchev–Trinajstić information content (AvgIpc) is 2.37. The smallest absolute Gasteiger partial charge is 0.0603 e. The fourth-order valence-electron chi connectivity index (χ4n) is 1.83. The zero-order valence-electron chi connectivity index (χ0n) is 11.0. The van der Waals surface area contributed by atoms with Gasteiger partial charge in [-0.15, -0.1) is 11.8 Å². The van der Waals surface area contributed by atoms with Crippen LogP contribution in [0.1, 0.15) is 33.1 Å². The molecule has 0 aliphatic heterocycles. The Morgan fingerprint density at radius 1 is 1.22 bits per heavy atom. The molecule has 1 aromatic carbocycles. The van der Waals surface area contributed by atoms with Gasteiger partial charge < -0.3 is 5.32 Å².